The number of carboxylic acid groups (broad SMARTS) is 1. The number of para-hydroxylation sites is 2. The maximum absolute atomic E-state index is 12.5. The lowest BCUT2D eigenvalue weighted by atomic mass is 9.81. The Morgan fingerprint density at radius 1 is 1.08 bits per heavy atom. The van der Waals surface area contributed by atoms with E-state index in [4.69, 9.17) is 4.74 Å². The van der Waals surface area contributed by atoms with E-state index < -0.39 is 11.4 Å². The molecule has 0 saturated heterocycles. The number of aliphatic carboxylic acids is 1. The van der Waals surface area contributed by atoms with Gasteiger partial charge in [-0.25, -0.2) is 0 Å². The average Bonchev–Trinajstić information content (AvgIpc) is 2.94. The summed E-state index contributed by atoms with van der Waals surface area (Å²) in [5.74, 6) is -0.714. The van der Waals surface area contributed by atoms with Crippen molar-refractivity contribution in [1.82, 2.24) is 0 Å². The quantitative estimate of drug-likeness (QED) is 0.886. The molecule has 2 N–H and O–H groups in total. The second-order valence-corrected chi connectivity index (χ2v) is 6.13. The summed E-state index contributed by atoms with van der Waals surface area (Å²) in [4.78, 5) is 24.4. The number of carboxylic acids is 1. The lowest BCUT2D eigenvalue weighted by Crippen LogP contribution is -2.36. The number of carbonyl (C=O) groups is 2. The monoisotopic (exact) mass is 325 g/mol. The summed E-state index contributed by atoms with van der Waals surface area (Å²) in [6.07, 6.45) is 0.671. The van der Waals surface area contributed by atoms with Crippen molar-refractivity contribution in [2.24, 2.45) is 5.41 Å². The molecule has 5 nitrogen and oxygen atoms in total. The van der Waals surface area contributed by atoms with Gasteiger partial charge in [-0.15, -0.1) is 0 Å². The third kappa shape index (κ3) is 2.97. The predicted molar refractivity (Wildman–Crippen MR) is 90.2 cm³/mol. The number of hydrogen-bond acceptors (Lipinski definition) is 3. The van der Waals surface area contributed by atoms with Crippen molar-refractivity contribution in [2.75, 3.05) is 12.4 Å². The first-order valence-electron chi connectivity index (χ1n) is 7.77. The number of fused-ring (bicyclic) bond motifs is 1. The average molecular weight is 325 g/mol. The van der Waals surface area contributed by atoms with E-state index in [1.807, 2.05) is 24.3 Å². The van der Waals surface area contributed by atoms with Crippen molar-refractivity contribution >= 4 is 17.6 Å². The van der Waals surface area contributed by atoms with E-state index in [-0.39, 0.29) is 12.3 Å². The highest BCUT2D eigenvalue weighted by atomic mass is 16.5. The number of carbonyl (C=O) groups excluding carboxylic acids is 1. The van der Waals surface area contributed by atoms with Crippen LogP contribution in [0, 0.1) is 5.41 Å². The van der Waals surface area contributed by atoms with Crippen molar-refractivity contribution < 1.29 is 19.4 Å². The summed E-state index contributed by atoms with van der Waals surface area (Å²) in [7, 11) is 1.53. The van der Waals surface area contributed by atoms with Gasteiger partial charge in [0.15, 0.2) is 0 Å². The first-order valence-corrected chi connectivity index (χ1v) is 7.77. The molecule has 0 aromatic heterocycles. The first-order chi connectivity index (χ1) is 11.5. The Bertz CT molecular complexity index is 759. The molecule has 1 aliphatic rings. The lowest BCUT2D eigenvalue weighted by molar-refractivity contribution is -0.150. The lowest BCUT2D eigenvalue weighted by Gasteiger charge is -2.23. The predicted octanol–water partition coefficient (Wildman–Crippen LogP) is 2.89. The first kappa shape index (κ1) is 16.1. The van der Waals surface area contributed by atoms with Crippen LogP contribution in [0.5, 0.6) is 5.75 Å². The molecule has 2 aromatic rings. The van der Waals surface area contributed by atoms with Crippen LogP contribution in [0.25, 0.3) is 0 Å². The molecule has 0 spiro atoms. The zero-order chi connectivity index (χ0) is 17.2. The van der Waals surface area contributed by atoms with Gasteiger partial charge in [0.1, 0.15) is 5.75 Å². The molecule has 2 aromatic carbocycles. The number of rotatable bonds is 5. The number of amides is 1. The number of hydrogen-bond donors (Lipinski definition) is 2. The van der Waals surface area contributed by atoms with Gasteiger partial charge >= 0.3 is 5.97 Å². The van der Waals surface area contributed by atoms with Crippen LogP contribution < -0.4 is 10.1 Å². The topological polar surface area (TPSA) is 75.6 Å². The summed E-state index contributed by atoms with van der Waals surface area (Å²) in [6.45, 7) is 0. The van der Waals surface area contributed by atoms with Gasteiger partial charge in [0.2, 0.25) is 5.91 Å². The molecule has 24 heavy (non-hydrogen) atoms. The minimum absolute atomic E-state index is 0.0743. The Hall–Kier alpha value is -2.82. The Morgan fingerprint density at radius 3 is 2.25 bits per heavy atom. The van der Waals surface area contributed by atoms with Crippen molar-refractivity contribution in [1.29, 1.82) is 0 Å². The van der Waals surface area contributed by atoms with Gasteiger partial charge in [0.25, 0.3) is 0 Å². The summed E-state index contributed by atoms with van der Waals surface area (Å²) in [5.41, 5.74) is 1.46. The Labute approximate surface area is 140 Å². The smallest absolute Gasteiger partial charge is 0.310 e. The molecule has 5 heteroatoms. The molecule has 0 heterocycles. The van der Waals surface area contributed by atoms with Gasteiger partial charge in [0, 0.05) is 6.42 Å². The molecule has 3 rings (SSSR count). The summed E-state index contributed by atoms with van der Waals surface area (Å²) in [5, 5.41) is 12.5. The molecule has 0 unspecified atom stereocenters. The molecular formula is C19H19NO4. The summed E-state index contributed by atoms with van der Waals surface area (Å²) >= 11 is 0. The Balaban J connectivity index is 1.78. The van der Waals surface area contributed by atoms with E-state index in [9.17, 15) is 14.7 Å². The molecule has 0 aliphatic heterocycles. The number of methoxy groups -OCH3 is 1. The fraction of sp³-hybridized carbons (Fsp3) is 0.263. The van der Waals surface area contributed by atoms with Crippen LogP contribution in [0.3, 0.4) is 0 Å². The number of nitrogens with one attached hydrogen (secondary N) is 1. The van der Waals surface area contributed by atoms with Gasteiger partial charge in [0.05, 0.1) is 18.2 Å². The van der Waals surface area contributed by atoms with Crippen LogP contribution in [0.15, 0.2) is 48.5 Å². The fourth-order valence-corrected chi connectivity index (χ4v) is 3.30. The molecule has 1 amide bonds. The molecule has 0 radical (unpaired) electrons. The van der Waals surface area contributed by atoms with Crippen molar-refractivity contribution in [3.63, 3.8) is 0 Å². The second-order valence-electron chi connectivity index (χ2n) is 6.13. The molecular weight excluding hydrogens is 306 g/mol. The minimum atomic E-state index is -1.09. The Kier molecular flexibility index (Phi) is 4.25. The maximum atomic E-state index is 12.5. The van der Waals surface area contributed by atoms with E-state index in [0.29, 0.717) is 24.3 Å². The zero-order valence-corrected chi connectivity index (χ0v) is 13.4. The molecule has 0 atom stereocenters. The minimum Gasteiger partial charge on any atom is -0.495 e. The SMILES string of the molecule is COc1ccccc1NC(=O)CC1(C(=O)O)Cc2ccccc2C1. The van der Waals surface area contributed by atoms with Crippen molar-refractivity contribution in [3.05, 3.63) is 59.7 Å². The number of ether oxygens (including phenoxy) is 1. The van der Waals surface area contributed by atoms with Gasteiger partial charge in [-0.05, 0) is 36.1 Å². The summed E-state index contributed by atoms with van der Waals surface area (Å²) < 4.78 is 5.21. The van der Waals surface area contributed by atoms with Gasteiger partial charge in [-0.1, -0.05) is 36.4 Å². The van der Waals surface area contributed by atoms with Crippen LogP contribution in [-0.2, 0) is 22.4 Å². The third-order valence-corrected chi connectivity index (χ3v) is 4.51. The van der Waals surface area contributed by atoms with Crippen molar-refractivity contribution in [2.45, 2.75) is 19.3 Å². The molecule has 1 aliphatic carbocycles. The van der Waals surface area contributed by atoms with Crippen LogP contribution in [0.2, 0.25) is 0 Å². The van der Waals surface area contributed by atoms with E-state index in [1.165, 1.54) is 7.11 Å². The maximum Gasteiger partial charge on any atom is 0.310 e. The highest BCUT2D eigenvalue weighted by Crippen LogP contribution is 2.40. The molecule has 124 valence electrons. The molecule has 0 fully saturated rings. The van der Waals surface area contributed by atoms with Gasteiger partial charge < -0.3 is 15.2 Å². The van der Waals surface area contributed by atoms with Crippen LogP contribution in [0.4, 0.5) is 5.69 Å². The summed E-state index contributed by atoms with van der Waals surface area (Å²) in [6, 6.07) is 14.7. The van der Waals surface area contributed by atoms with E-state index in [0.717, 1.165) is 11.1 Å². The molecule has 0 saturated carbocycles. The van der Waals surface area contributed by atoms with Gasteiger partial charge in [-0.2, -0.15) is 0 Å². The van der Waals surface area contributed by atoms with E-state index in [1.54, 1.807) is 24.3 Å². The van der Waals surface area contributed by atoms with Crippen LogP contribution in [-0.4, -0.2) is 24.1 Å². The highest BCUT2D eigenvalue weighted by Gasteiger charge is 2.45. The normalized spacial score (nSPS) is 14.7. The Morgan fingerprint density at radius 2 is 1.67 bits per heavy atom. The molecule has 0 bridgehead atoms. The van der Waals surface area contributed by atoms with Crippen LogP contribution >= 0.6 is 0 Å². The van der Waals surface area contributed by atoms with Crippen LogP contribution in [0.1, 0.15) is 17.5 Å². The second kappa shape index (κ2) is 6.35. The zero-order valence-electron chi connectivity index (χ0n) is 13.4. The third-order valence-electron chi connectivity index (χ3n) is 4.51. The highest BCUT2D eigenvalue weighted by molar-refractivity contribution is 5.95. The van der Waals surface area contributed by atoms with E-state index in [2.05, 4.69) is 5.32 Å². The van der Waals surface area contributed by atoms with Crippen molar-refractivity contribution in [3.8, 4) is 5.75 Å². The number of benzene rings is 2. The number of anilines is 1. The largest absolute Gasteiger partial charge is 0.495 e. The van der Waals surface area contributed by atoms with Gasteiger partial charge in [-0.3, -0.25) is 9.59 Å². The standard InChI is InChI=1S/C19H19NO4/c1-24-16-9-5-4-8-15(16)20-17(21)12-19(18(22)23)10-13-6-2-3-7-14(13)11-19/h2-9H,10-12H2,1H3,(H,20,21)(H,22,23). The fourth-order valence-electron chi connectivity index (χ4n) is 3.30. The van der Waals surface area contributed by atoms with E-state index >= 15 is 0 Å².